The Bertz CT molecular complexity index is 445. The molecule has 1 N–H and O–H groups in total. The van der Waals surface area contributed by atoms with Crippen molar-refractivity contribution >= 4 is 0 Å². The summed E-state index contributed by atoms with van der Waals surface area (Å²) in [6.07, 6.45) is 3.19. The number of nitrogens with zero attached hydrogens (tertiary/aromatic N) is 3. The topological polar surface area (TPSA) is 50.5 Å². The van der Waals surface area contributed by atoms with Gasteiger partial charge in [-0.15, -0.1) is 0 Å². The van der Waals surface area contributed by atoms with Gasteiger partial charge in [0.2, 0.25) is 5.88 Å². The maximum absolute atomic E-state index is 9.40. The van der Waals surface area contributed by atoms with Gasteiger partial charge in [-0.25, -0.2) is 4.68 Å². The minimum atomic E-state index is 0.286. The lowest BCUT2D eigenvalue weighted by Gasteiger charge is -2.37. The van der Waals surface area contributed by atoms with E-state index in [9.17, 15) is 5.11 Å². The molecule has 1 aliphatic heterocycles. The molecule has 2 rings (SSSR count). The van der Waals surface area contributed by atoms with E-state index in [-0.39, 0.29) is 6.61 Å². The number of likely N-dealkylation sites (tertiary alicyclic amines) is 1. The Balaban J connectivity index is 2.19. The second kappa shape index (κ2) is 6.59. The van der Waals surface area contributed by atoms with Crippen molar-refractivity contribution in [1.29, 1.82) is 0 Å². The molecule has 1 aromatic rings. The molecule has 1 aliphatic rings. The van der Waals surface area contributed by atoms with Crippen molar-refractivity contribution < 1.29 is 9.84 Å². The fourth-order valence-corrected chi connectivity index (χ4v) is 3.14. The molecule has 0 spiro atoms. The molecule has 0 amide bonds. The van der Waals surface area contributed by atoms with Crippen molar-refractivity contribution in [3.8, 4) is 5.88 Å². The number of piperidine rings is 1. The van der Waals surface area contributed by atoms with Crippen LogP contribution in [0.2, 0.25) is 0 Å². The highest BCUT2D eigenvalue weighted by Gasteiger charge is 2.27. The summed E-state index contributed by atoms with van der Waals surface area (Å²) in [7, 11) is 3.63. The van der Waals surface area contributed by atoms with Crippen LogP contribution in [0, 0.1) is 5.92 Å². The van der Waals surface area contributed by atoms with E-state index < -0.39 is 0 Å². The van der Waals surface area contributed by atoms with Crippen molar-refractivity contribution in [3.05, 3.63) is 11.3 Å². The van der Waals surface area contributed by atoms with Gasteiger partial charge in [0.05, 0.1) is 18.4 Å². The number of methoxy groups -OCH3 is 1. The second-order valence-corrected chi connectivity index (χ2v) is 5.82. The minimum Gasteiger partial charge on any atom is -0.481 e. The average Bonchev–Trinajstić information content (AvgIpc) is 2.76. The lowest BCUT2D eigenvalue weighted by atomic mass is 9.93. The Morgan fingerprint density at radius 2 is 2.15 bits per heavy atom. The molecule has 0 aliphatic carbocycles. The first-order valence-electron chi connectivity index (χ1n) is 7.54. The number of aryl methyl sites for hydroxylation is 2. The van der Waals surface area contributed by atoms with Crippen LogP contribution in [0.25, 0.3) is 0 Å². The molecular weight excluding hydrogens is 254 g/mol. The average molecular weight is 281 g/mol. The third-order valence-electron chi connectivity index (χ3n) is 4.43. The second-order valence-electron chi connectivity index (χ2n) is 5.82. The van der Waals surface area contributed by atoms with Crippen LogP contribution in [0.5, 0.6) is 5.88 Å². The molecule has 0 aromatic carbocycles. The maximum atomic E-state index is 9.40. The first kappa shape index (κ1) is 15.3. The van der Waals surface area contributed by atoms with Crippen LogP contribution in [0.3, 0.4) is 0 Å². The zero-order valence-corrected chi connectivity index (χ0v) is 13.1. The van der Waals surface area contributed by atoms with Crippen LogP contribution < -0.4 is 4.74 Å². The molecule has 0 radical (unpaired) electrons. The lowest BCUT2D eigenvalue weighted by molar-refractivity contribution is 0.0763. The van der Waals surface area contributed by atoms with Crippen LogP contribution in [0.15, 0.2) is 0 Å². The number of aromatic nitrogens is 2. The number of hydrogen-bond donors (Lipinski definition) is 1. The summed E-state index contributed by atoms with van der Waals surface area (Å²) >= 11 is 0. The molecular formula is C15H27N3O2. The predicted octanol–water partition coefficient (Wildman–Crippen LogP) is 1.58. The molecule has 1 fully saturated rings. The van der Waals surface area contributed by atoms with Crippen LogP contribution in [0.1, 0.15) is 37.9 Å². The zero-order chi connectivity index (χ0) is 14.7. The Morgan fingerprint density at radius 1 is 1.40 bits per heavy atom. The van der Waals surface area contributed by atoms with E-state index in [2.05, 4.69) is 23.8 Å². The third-order valence-corrected chi connectivity index (χ3v) is 4.43. The van der Waals surface area contributed by atoms with E-state index in [0.717, 1.165) is 43.9 Å². The number of aliphatic hydroxyl groups is 1. The van der Waals surface area contributed by atoms with Crippen LogP contribution in [-0.2, 0) is 20.0 Å². The molecule has 2 atom stereocenters. The number of aliphatic hydroxyl groups excluding tert-OH is 1. The van der Waals surface area contributed by atoms with Crippen molar-refractivity contribution in [2.75, 3.05) is 20.3 Å². The SMILES string of the molecule is CCc1nn(C)c(OC)c1CN1CC(CO)CCC1C. The fourth-order valence-electron chi connectivity index (χ4n) is 3.14. The van der Waals surface area contributed by atoms with E-state index in [1.165, 1.54) is 5.56 Å². The molecule has 5 heteroatoms. The van der Waals surface area contributed by atoms with Crippen molar-refractivity contribution in [2.24, 2.45) is 13.0 Å². The zero-order valence-electron chi connectivity index (χ0n) is 13.1. The van der Waals surface area contributed by atoms with Gasteiger partial charge in [0.1, 0.15) is 0 Å². The highest BCUT2D eigenvalue weighted by atomic mass is 16.5. The van der Waals surface area contributed by atoms with Gasteiger partial charge in [0, 0.05) is 32.8 Å². The van der Waals surface area contributed by atoms with Gasteiger partial charge in [0.15, 0.2) is 0 Å². The molecule has 0 saturated carbocycles. The van der Waals surface area contributed by atoms with Crippen LogP contribution in [-0.4, -0.2) is 46.1 Å². The Kier molecular flexibility index (Phi) is 5.05. The quantitative estimate of drug-likeness (QED) is 0.890. The summed E-state index contributed by atoms with van der Waals surface area (Å²) in [5, 5.41) is 13.9. The number of ether oxygens (including phenoxy) is 1. The monoisotopic (exact) mass is 281 g/mol. The van der Waals surface area contributed by atoms with E-state index in [4.69, 9.17) is 4.74 Å². The highest BCUT2D eigenvalue weighted by molar-refractivity contribution is 5.31. The Labute approximate surface area is 121 Å². The lowest BCUT2D eigenvalue weighted by Crippen LogP contribution is -2.42. The first-order chi connectivity index (χ1) is 9.60. The summed E-state index contributed by atoms with van der Waals surface area (Å²) in [5.41, 5.74) is 2.31. The van der Waals surface area contributed by atoms with Gasteiger partial charge in [-0.3, -0.25) is 4.90 Å². The molecule has 1 saturated heterocycles. The van der Waals surface area contributed by atoms with E-state index in [0.29, 0.717) is 12.0 Å². The van der Waals surface area contributed by atoms with Gasteiger partial charge in [-0.05, 0) is 32.1 Å². The van der Waals surface area contributed by atoms with E-state index in [1.807, 2.05) is 11.7 Å². The summed E-state index contributed by atoms with van der Waals surface area (Å²) in [6.45, 7) is 6.49. The Hall–Kier alpha value is -1.07. The molecule has 2 unspecified atom stereocenters. The molecule has 114 valence electrons. The largest absolute Gasteiger partial charge is 0.481 e. The van der Waals surface area contributed by atoms with E-state index >= 15 is 0 Å². The van der Waals surface area contributed by atoms with Gasteiger partial charge < -0.3 is 9.84 Å². The predicted molar refractivity (Wildman–Crippen MR) is 78.8 cm³/mol. The normalized spacial score (nSPS) is 24.1. The third kappa shape index (κ3) is 2.99. The van der Waals surface area contributed by atoms with Crippen LogP contribution >= 0.6 is 0 Å². The maximum Gasteiger partial charge on any atom is 0.216 e. The molecule has 20 heavy (non-hydrogen) atoms. The highest BCUT2D eigenvalue weighted by Crippen LogP contribution is 2.28. The molecule has 0 bridgehead atoms. The van der Waals surface area contributed by atoms with Gasteiger partial charge in [-0.2, -0.15) is 5.10 Å². The van der Waals surface area contributed by atoms with Crippen molar-refractivity contribution in [2.45, 2.75) is 45.7 Å². The summed E-state index contributed by atoms with van der Waals surface area (Å²) in [5.74, 6) is 1.26. The fraction of sp³-hybridized carbons (Fsp3) is 0.800. The Morgan fingerprint density at radius 3 is 2.75 bits per heavy atom. The number of hydrogen-bond acceptors (Lipinski definition) is 4. The molecule has 5 nitrogen and oxygen atoms in total. The van der Waals surface area contributed by atoms with Crippen molar-refractivity contribution in [3.63, 3.8) is 0 Å². The first-order valence-corrected chi connectivity index (χ1v) is 7.54. The van der Waals surface area contributed by atoms with Gasteiger partial charge in [0.25, 0.3) is 0 Å². The minimum absolute atomic E-state index is 0.286. The molecule has 2 heterocycles. The van der Waals surface area contributed by atoms with E-state index in [1.54, 1.807) is 7.11 Å². The van der Waals surface area contributed by atoms with Gasteiger partial charge in [-0.1, -0.05) is 6.92 Å². The summed E-state index contributed by atoms with van der Waals surface area (Å²) < 4.78 is 7.34. The van der Waals surface area contributed by atoms with Crippen LogP contribution in [0.4, 0.5) is 0 Å². The van der Waals surface area contributed by atoms with Gasteiger partial charge >= 0.3 is 0 Å². The molecule has 1 aromatic heterocycles. The number of rotatable bonds is 5. The summed E-state index contributed by atoms with van der Waals surface area (Å²) in [4.78, 5) is 2.45. The smallest absolute Gasteiger partial charge is 0.216 e. The standard InChI is InChI=1S/C15H27N3O2/c1-5-14-13(15(20-4)17(3)16-14)9-18-8-12(10-19)7-6-11(18)2/h11-12,19H,5-10H2,1-4H3. The summed E-state index contributed by atoms with van der Waals surface area (Å²) in [6, 6.07) is 0.549. The van der Waals surface area contributed by atoms with Crippen molar-refractivity contribution in [1.82, 2.24) is 14.7 Å².